The second-order valence-corrected chi connectivity index (χ2v) is 5.84. The smallest absolute Gasteiger partial charge is 0.326 e. The van der Waals surface area contributed by atoms with Crippen LogP contribution in [0.1, 0.15) is 23.6 Å². The van der Waals surface area contributed by atoms with Gasteiger partial charge in [0.05, 0.1) is 5.56 Å². The topological polar surface area (TPSA) is 41.1 Å². The van der Waals surface area contributed by atoms with Crippen molar-refractivity contribution in [2.75, 3.05) is 11.9 Å². The van der Waals surface area contributed by atoms with E-state index < -0.39 is 11.7 Å². The molecule has 2 aromatic rings. The number of carbonyl (C=O) groups is 1. The van der Waals surface area contributed by atoms with Gasteiger partial charge in [0.1, 0.15) is 0 Å². The summed E-state index contributed by atoms with van der Waals surface area (Å²) >= 11 is 0. The van der Waals surface area contributed by atoms with Gasteiger partial charge in [-0.1, -0.05) is 12.1 Å². The fraction of sp³-hybridized carbons (Fsp3) is 0.278. The highest BCUT2D eigenvalue weighted by molar-refractivity contribution is 5.90. The SMILES string of the molecule is CC(=O)Nc1cc2c(c(-c3ccc(C(F)(F)F)cc3)c1)CCNC2. The highest BCUT2D eigenvalue weighted by atomic mass is 19.4. The van der Waals surface area contributed by atoms with Gasteiger partial charge in [-0.15, -0.1) is 0 Å². The van der Waals surface area contributed by atoms with Crippen molar-refractivity contribution in [2.45, 2.75) is 26.1 Å². The Morgan fingerprint density at radius 2 is 1.88 bits per heavy atom. The molecule has 0 unspecified atom stereocenters. The molecular weight excluding hydrogens is 317 g/mol. The van der Waals surface area contributed by atoms with E-state index in [1.165, 1.54) is 19.1 Å². The molecule has 1 amide bonds. The van der Waals surface area contributed by atoms with Crippen LogP contribution < -0.4 is 10.6 Å². The third-order valence-electron chi connectivity index (χ3n) is 4.05. The predicted octanol–water partition coefficient (Wildman–Crippen LogP) is 3.98. The minimum Gasteiger partial charge on any atom is -0.326 e. The zero-order chi connectivity index (χ0) is 17.3. The fourth-order valence-corrected chi connectivity index (χ4v) is 2.99. The molecule has 126 valence electrons. The van der Waals surface area contributed by atoms with Crippen LogP contribution in [0.4, 0.5) is 18.9 Å². The minimum atomic E-state index is -4.35. The first kappa shape index (κ1) is 16.5. The molecule has 0 radical (unpaired) electrons. The number of hydrogen-bond acceptors (Lipinski definition) is 2. The van der Waals surface area contributed by atoms with Crippen LogP contribution in [-0.4, -0.2) is 12.5 Å². The lowest BCUT2D eigenvalue weighted by Crippen LogP contribution is -2.24. The summed E-state index contributed by atoms with van der Waals surface area (Å²) in [7, 11) is 0. The molecule has 2 N–H and O–H groups in total. The number of alkyl halides is 3. The molecule has 3 rings (SSSR count). The molecule has 0 bridgehead atoms. The van der Waals surface area contributed by atoms with Crippen LogP contribution in [0.2, 0.25) is 0 Å². The average Bonchev–Trinajstić information content (AvgIpc) is 2.53. The summed E-state index contributed by atoms with van der Waals surface area (Å²) in [6.07, 6.45) is -3.55. The number of anilines is 1. The largest absolute Gasteiger partial charge is 0.416 e. The Labute approximate surface area is 137 Å². The zero-order valence-electron chi connectivity index (χ0n) is 13.1. The summed E-state index contributed by atoms with van der Waals surface area (Å²) in [5.41, 5.74) is 3.74. The van der Waals surface area contributed by atoms with E-state index in [2.05, 4.69) is 10.6 Å². The molecule has 0 aliphatic carbocycles. The maximum absolute atomic E-state index is 12.7. The Kier molecular flexibility index (Phi) is 4.32. The first-order chi connectivity index (χ1) is 11.3. The van der Waals surface area contributed by atoms with Crippen LogP contribution in [0.25, 0.3) is 11.1 Å². The second kappa shape index (κ2) is 6.28. The van der Waals surface area contributed by atoms with E-state index >= 15 is 0 Å². The van der Waals surface area contributed by atoms with Crippen LogP contribution in [-0.2, 0) is 23.9 Å². The van der Waals surface area contributed by atoms with Gasteiger partial charge >= 0.3 is 6.18 Å². The number of hydrogen-bond donors (Lipinski definition) is 2. The van der Waals surface area contributed by atoms with Crippen molar-refractivity contribution in [2.24, 2.45) is 0 Å². The van der Waals surface area contributed by atoms with Crippen molar-refractivity contribution in [3.8, 4) is 11.1 Å². The Morgan fingerprint density at radius 1 is 1.17 bits per heavy atom. The van der Waals surface area contributed by atoms with E-state index in [1.54, 1.807) is 0 Å². The Balaban J connectivity index is 2.06. The van der Waals surface area contributed by atoms with Crippen molar-refractivity contribution < 1.29 is 18.0 Å². The van der Waals surface area contributed by atoms with Crippen molar-refractivity contribution in [3.05, 3.63) is 53.1 Å². The number of carbonyl (C=O) groups excluding carboxylic acids is 1. The number of halogens is 3. The molecule has 0 aromatic heterocycles. The summed E-state index contributed by atoms with van der Waals surface area (Å²) < 4.78 is 38.2. The van der Waals surface area contributed by atoms with Gasteiger partial charge < -0.3 is 10.6 Å². The lowest BCUT2D eigenvalue weighted by molar-refractivity contribution is -0.137. The summed E-state index contributed by atoms with van der Waals surface area (Å²) in [5.74, 6) is -0.183. The number of rotatable bonds is 2. The second-order valence-electron chi connectivity index (χ2n) is 5.84. The Morgan fingerprint density at radius 3 is 2.50 bits per heavy atom. The molecule has 0 saturated heterocycles. The summed E-state index contributed by atoms with van der Waals surface area (Å²) in [6, 6.07) is 8.89. The first-order valence-corrected chi connectivity index (χ1v) is 7.66. The highest BCUT2D eigenvalue weighted by Gasteiger charge is 2.30. The molecule has 0 spiro atoms. The van der Waals surface area contributed by atoms with Crippen LogP contribution in [0.15, 0.2) is 36.4 Å². The van der Waals surface area contributed by atoms with Gasteiger partial charge in [-0.3, -0.25) is 4.79 Å². The number of nitrogens with one attached hydrogen (secondary N) is 2. The summed E-state index contributed by atoms with van der Waals surface area (Å²) in [5, 5.41) is 6.02. The van der Waals surface area contributed by atoms with Gasteiger partial charge in [0.15, 0.2) is 0 Å². The van der Waals surface area contributed by atoms with Crippen molar-refractivity contribution in [3.63, 3.8) is 0 Å². The van der Waals surface area contributed by atoms with Gasteiger partial charge in [-0.25, -0.2) is 0 Å². The molecule has 0 saturated carbocycles. The standard InChI is InChI=1S/C18H17F3N2O/c1-11(24)23-15-8-13-10-22-7-6-16(13)17(9-15)12-2-4-14(5-3-12)18(19,20)21/h2-5,8-9,22H,6-7,10H2,1H3,(H,23,24). The van der Waals surface area contributed by atoms with Gasteiger partial charge in [-0.2, -0.15) is 13.2 Å². The molecule has 0 atom stereocenters. The minimum absolute atomic E-state index is 0.183. The van der Waals surface area contributed by atoms with Gasteiger partial charge in [-0.05, 0) is 59.5 Å². The van der Waals surface area contributed by atoms with Crippen molar-refractivity contribution in [1.82, 2.24) is 5.32 Å². The number of amides is 1. The normalized spacial score (nSPS) is 14.2. The first-order valence-electron chi connectivity index (χ1n) is 7.66. The third kappa shape index (κ3) is 3.43. The molecule has 6 heteroatoms. The lowest BCUT2D eigenvalue weighted by atomic mass is 9.90. The van der Waals surface area contributed by atoms with Gasteiger partial charge in [0.25, 0.3) is 0 Å². The van der Waals surface area contributed by atoms with Crippen LogP contribution in [0.3, 0.4) is 0 Å². The molecule has 24 heavy (non-hydrogen) atoms. The van der Waals surface area contributed by atoms with E-state index in [0.717, 1.165) is 41.8 Å². The molecule has 2 aromatic carbocycles. The lowest BCUT2D eigenvalue weighted by Gasteiger charge is -2.22. The van der Waals surface area contributed by atoms with Gasteiger partial charge in [0.2, 0.25) is 5.91 Å². The molecular formula is C18H17F3N2O. The molecule has 1 aliphatic rings. The predicted molar refractivity (Wildman–Crippen MR) is 86.6 cm³/mol. The van der Waals surface area contributed by atoms with E-state index in [1.807, 2.05) is 12.1 Å². The number of fused-ring (bicyclic) bond motifs is 1. The van der Waals surface area contributed by atoms with E-state index in [4.69, 9.17) is 0 Å². The summed E-state index contributed by atoms with van der Waals surface area (Å²) in [6.45, 7) is 2.92. The fourth-order valence-electron chi connectivity index (χ4n) is 2.99. The quantitative estimate of drug-likeness (QED) is 0.872. The van der Waals surface area contributed by atoms with Crippen LogP contribution >= 0.6 is 0 Å². The molecule has 0 fully saturated rings. The van der Waals surface area contributed by atoms with Crippen molar-refractivity contribution >= 4 is 11.6 Å². The molecule has 1 aliphatic heterocycles. The molecule has 1 heterocycles. The monoisotopic (exact) mass is 334 g/mol. The van der Waals surface area contributed by atoms with Crippen LogP contribution in [0, 0.1) is 0 Å². The van der Waals surface area contributed by atoms with Gasteiger partial charge in [0, 0.05) is 19.2 Å². The maximum Gasteiger partial charge on any atom is 0.416 e. The van der Waals surface area contributed by atoms with E-state index in [-0.39, 0.29) is 5.91 Å². The summed E-state index contributed by atoms with van der Waals surface area (Å²) in [4.78, 5) is 11.3. The van der Waals surface area contributed by atoms with Crippen LogP contribution in [0.5, 0.6) is 0 Å². The maximum atomic E-state index is 12.7. The van der Waals surface area contributed by atoms with E-state index in [9.17, 15) is 18.0 Å². The average molecular weight is 334 g/mol. The Hall–Kier alpha value is -2.34. The highest BCUT2D eigenvalue weighted by Crippen LogP contribution is 2.35. The zero-order valence-corrected chi connectivity index (χ0v) is 13.1. The number of benzene rings is 2. The Bertz CT molecular complexity index is 767. The third-order valence-corrected chi connectivity index (χ3v) is 4.05. The van der Waals surface area contributed by atoms with E-state index in [0.29, 0.717) is 17.8 Å². The van der Waals surface area contributed by atoms with Crippen molar-refractivity contribution in [1.29, 1.82) is 0 Å². The molecule has 3 nitrogen and oxygen atoms in total.